The van der Waals surface area contributed by atoms with Crippen molar-refractivity contribution in [1.82, 2.24) is 4.90 Å². The summed E-state index contributed by atoms with van der Waals surface area (Å²) >= 11 is 0. The lowest BCUT2D eigenvalue weighted by Crippen LogP contribution is -2.29. The Labute approximate surface area is 107 Å². The van der Waals surface area contributed by atoms with E-state index >= 15 is 0 Å². The minimum atomic E-state index is 0.175. The Bertz CT molecular complexity index is 223. The molecule has 100 valence electrons. The van der Waals surface area contributed by atoms with Gasteiger partial charge in [-0.15, -0.1) is 0 Å². The van der Waals surface area contributed by atoms with Gasteiger partial charge < -0.3 is 4.90 Å². The molecule has 2 nitrogen and oxygen atoms in total. The van der Waals surface area contributed by atoms with Crippen LogP contribution in [0, 0.1) is 5.92 Å². The largest absolute Gasteiger partial charge is 0.346 e. The van der Waals surface area contributed by atoms with E-state index in [9.17, 15) is 4.79 Å². The van der Waals surface area contributed by atoms with Crippen molar-refractivity contribution in [3.8, 4) is 0 Å². The molecule has 0 aliphatic rings. The van der Waals surface area contributed by atoms with Gasteiger partial charge in [0.15, 0.2) is 0 Å². The van der Waals surface area contributed by atoms with Crippen molar-refractivity contribution in [1.29, 1.82) is 0 Å². The van der Waals surface area contributed by atoms with Crippen molar-refractivity contribution < 1.29 is 4.79 Å². The third-order valence-corrected chi connectivity index (χ3v) is 3.28. The summed E-state index contributed by atoms with van der Waals surface area (Å²) in [6, 6.07) is 0. The maximum Gasteiger partial charge on any atom is 0.219 e. The highest BCUT2D eigenvalue weighted by Gasteiger charge is 2.10. The van der Waals surface area contributed by atoms with Crippen molar-refractivity contribution in [2.75, 3.05) is 13.6 Å². The molecule has 1 unspecified atom stereocenters. The molecule has 0 aliphatic heterocycles. The number of hydrogen-bond acceptors (Lipinski definition) is 1. The fraction of sp³-hybridized carbons (Fsp3) is 0.800. The first kappa shape index (κ1) is 16.2. The van der Waals surface area contributed by atoms with Crippen LogP contribution in [0.5, 0.6) is 0 Å². The molecule has 1 amide bonds. The molecular formula is C15H29NO. The van der Waals surface area contributed by atoms with Gasteiger partial charge in [-0.25, -0.2) is 0 Å². The second kappa shape index (κ2) is 10.4. The molecule has 0 aromatic carbocycles. The minimum Gasteiger partial charge on any atom is -0.346 e. The van der Waals surface area contributed by atoms with Gasteiger partial charge in [-0.3, -0.25) is 4.79 Å². The average Bonchev–Trinajstić information content (AvgIpc) is 2.31. The number of allylic oxidation sites excluding steroid dienone is 2. The van der Waals surface area contributed by atoms with Crippen LogP contribution < -0.4 is 0 Å². The predicted octanol–water partition coefficient (Wildman–Crippen LogP) is 4.02. The molecule has 0 bridgehead atoms. The second-order valence-electron chi connectivity index (χ2n) is 4.84. The van der Waals surface area contributed by atoms with Crippen molar-refractivity contribution in [2.45, 2.75) is 59.3 Å². The summed E-state index contributed by atoms with van der Waals surface area (Å²) in [5.41, 5.74) is 0. The molecule has 0 fully saturated rings. The molecule has 0 aromatic heterocycles. The Morgan fingerprint density at radius 2 is 1.94 bits per heavy atom. The van der Waals surface area contributed by atoms with Crippen LogP contribution in [0.1, 0.15) is 59.3 Å². The highest BCUT2D eigenvalue weighted by atomic mass is 16.2. The molecule has 17 heavy (non-hydrogen) atoms. The van der Waals surface area contributed by atoms with Crippen LogP contribution in [0.3, 0.4) is 0 Å². The van der Waals surface area contributed by atoms with Gasteiger partial charge in [-0.1, -0.05) is 38.8 Å². The normalized spacial score (nSPS) is 12.9. The molecule has 0 aliphatic carbocycles. The number of rotatable bonds is 9. The second-order valence-corrected chi connectivity index (χ2v) is 4.84. The lowest BCUT2D eigenvalue weighted by atomic mass is 9.98. The molecule has 0 N–H and O–H groups in total. The summed E-state index contributed by atoms with van der Waals surface area (Å²) < 4.78 is 0. The van der Waals surface area contributed by atoms with Gasteiger partial charge in [0.05, 0.1) is 0 Å². The molecule has 0 spiro atoms. The van der Waals surface area contributed by atoms with E-state index < -0.39 is 0 Å². The molecule has 2 heteroatoms. The summed E-state index contributed by atoms with van der Waals surface area (Å²) in [4.78, 5) is 13.0. The zero-order valence-electron chi connectivity index (χ0n) is 12.0. The lowest BCUT2D eigenvalue weighted by molar-refractivity contribution is -0.128. The number of carbonyl (C=O) groups is 1. The van der Waals surface area contributed by atoms with E-state index in [4.69, 9.17) is 0 Å². The maximum absolute atomic E-state index is 11.2. The van der Waals surface area contributed by atoms with E-state index in [2.05, 4.69) is 26.0 Å². The smallest absolute Gasteiger partial charge is 0.219 e. The highest BCUT2D eigenvalue weighted by Crippen LogP contribution is 2.15. The van der Waals surface area contributed by atoms with Crippen LogP contribution in [-0.4, -0.2) is 24.4 Å². The van der Waals surface area contributed by atoms with Gasteiger partial charge in [0.2, 0.25) is 5.91 Å². The van der Waals surface area contributed by atoms with Crippen LogP contribution in [0.2, 0.25) is 0 Å². The van der Waals surface area contributed by atoms with Crippen LogP contribution >= 0.6 is 0 Å². The Balaban J connectivity index is 3.68. The number of nitrogens with zero attached hydrogens (tertiary/aromatic N) is 1. The number of amides is 1. The van der Waals surface area contributed by atoms with Gasteiger partial charge >= 0.3 is 0 Å². The molecule has 0 saturated carbocycles. The summed E-state index contributed by atoms with van der Waals surface area (Å²) in [5.74, 6) is 0.841. The third kappa shape index (κ3) is 8.96. The quantitative estimate of drug-likeness (QED) is 0.439. The number of carbonyl (C=O) groups excluding carboxylic acids is 1. The average molecular weight is 239 g/mol. The van der Waals surface area contributed by atoms with Crippen molar-refractivity contribution in [3.05, 3.63) is 12.2 Å². The summed E-state index contributed by atoms with van der Waals surface area (Å²) in [7, 11) is 1.90. The van der Waals surface area contributed by atoms with E-state index in [-0.39, 0.29) is 5.91 Å². The monoisotopic (exact) mass is 239 g/mol. The van der Waals surface area contributed by atoms with Gasteiger partial charge in [0, 0.05) is 20.5 Å². The SMILES string of the molecule is CC/C=C\CCCCC(CC)CN(C)C(C)=O. The third-order valence-electron chi connectivity index (χ3n) is 3.28. The Morgan fingerprint density at radius 3 is 2.47 bits per heavy atom. The van der Waals surface area contributed by atoms with Crippen LogP contribution in [0.15, 0.2) is 12.2 Å². The molecule has 0 saturated heterocycles. The van der Waals surface area contributed by atoms with Crippen molar-refractivity contribution >= 4 is 5.91 Å². The molecule has 0 heterocycles. The standard InChI is InChI=1S/C15H29NO/c1-5-7-8-9-10-11-12-15(6-2)13-16(4)14(3)17/h7-8,15H,5-6,9-13H2,1-4H3/b8-7-. The van der Waals surface area contributed by atoms with Gasteiger partial charge in [-0.2, -0.15) is 0 Å². The summed E-state index contributed by atoms with van der Waals surface area (Å²) in [6.07, 6.45) is 11.8. The molecule has 1 atom stereocenters. The molecule has 0 rings (SSSR count). The minimum absolute atomic E-state index is 0.175. The van der Waals surface area contributed by atoms with Gasteiger partial charge in [0.1, 0.15) is 0 Å². The van der Waals surface area contributed by atoms with Crippen LogP contribution in [-0.2, 0) is 4.79 Å². The van der Waals surface area contributed by atoms with Crippen molar-refractivity contribution in [2.24, 2.45) is 5.92 Å². The molecule has 0 radical (unpaired) electrons. The van der Waals surface area contributed by atoms with Gasteiger partial charge in [-0.05, 0) is 31.6 Å². The first-order valence-corrected chi connectivity index (χ1v) is 6.98. The van der Waals surface area contributed by atoms with Crippen LogP contribution in [0.4, 0.5) is 0 Å². The first-order valence-electron chi connectivity index (χ1n) is 6.98. The van der Waals surface area contributed by atoms with E-state index in [1.165, 1.54) is 32.1 Å². The Hall–Kier alpha value is -0.790. The first-order chi connectivity index (χ1) is 8.11. The predicted molar refractivity (Wildman–Crippen MR) is 75.0 cm³/mol. The topological polar surface area (TPSA) is 20.3 Å². The van der Waals surface area contributed by atoms with E-state index in [0.29, 0.717) is 5.92 Å². The zero-order chi connectivity index (χ0) is 13.1. The molecule has 0 aromatic rings. The fourth-order valence-electron chi connectivity index (χ4n) is 1.92. The Morgan fingerprint density at radius 1 is 1.24 bits per heavy atom. The Kier molecular flexibility index (Phi) is 9.89. The van der Waals surface area contributed by atoms with Crippen molar-refractivity contribution in [3.63, 3.8) is 0 Å². The number of unbranched alkanes of at least 4 members (excludes halogenated alkanes) is 2. The highest BCUT2D eigenvalue weighted by molar-refractivity contribution is 5.72. The van der Waals surface area contributed by atoms with E-state index in [0.717, 1.165) is 13.0 Å². The lowest BCUT2D eigenvalue weighted by Gasteiger charge is -2.22. The molecular weight excluding hydrogens is 210 g/mol. The van der Waals surface area contributed by atoms with E-state index in [1.807, 2.05) is 11.9 Å². The summed E-state index contributed by atoms with van der Waals surface area (Å²) in [6.45, 7) is 6.94. The maximum atomic E-state index is 11.2. The summed E-state index contributed by atoms with van der Waals surface area (Å²) in [5, 5.41) is 0. The fourth-order valence-corrected chi connectivity index (χ4v) is 1.92. The zero-order valence-corrected chi connectivity index (χ0v) is 12.0. The van der Waals surface area contributed by atoms with E-state index in [1.54, 1.807) is 6.92 Å². The number of hydrogen-bond donors (Lipinski definition) is 0. The van der Waals surface area contributed by atoms with Crippen LogP contribution in [0.25, 0.3) is 0 Å². The van der Waals surface area contributed by atoms with Gasteiger partial charge in [0.25, 0.3) is 0 Å².